The number of carbonyl (C=O) groups is 1. The Kier molecular flexibility index (Phi) is 2.84. The largest absolute Gasteiger partial charge is 0.464 e. The van der Waals surface area contributed by atoms with E-state index in [9.17, 15) is 4.79 Å². The van der Waals surface area contributed by atoms with Gasteiger partial charge >= 0.3 is 5.97 Å². The fourth-order valence-electron chi connectivity index (χ4n) is 0.666. The average Bonchev–Trinajstić information content (AvgIpc) is 2.81. The van der Waals surface area contributed by atoms with Crippen LogP contribution < -0.4 is 5.73 Å². The average molecular weight is 159 g/mol. The van der Waals surface area contributed by atoms with Crippen LogP contribution in [0, 0.1) is 5.92 Å². The third kappa shape index (κ3) is 2.86. The summed E-state index contributed by atoms with van der Waals surface area (Å²) in [6, 6.07) is -0.867. The maximum Gasteiger partial charge on any atom is 0.325 e. The van der Waals surface area contributed by atoms with Crippen molar-refractivity contribution in [3.8, 4) is 0 Å². The van der Waals surface area contributed by atoms with Crippen LogP contribution in [0.15, 0.2) is 0 Å². The van der Waals surface area contributed by atoms with Crippen molar-refractivity contribution in [2.75, 3.05) is 13.2 Å². The lowest BCUT2D eigenvalue weighted by molar-refractivity contribution is -0.146. The zero-order valence-corrected chi connectivity index (χ0v) is 6.32. The van der Waals surface area contributed by atoms with Crippen LogP contribution >= 0.6 is 0 Å². The molecule has 1 atom stereocenters. The lowest BCUT2D eigenvalue weighted by Crippen LogP contribution is -2.35. The Bertz CT molecular complexity index is 145. The summed E-state index contributed by atoms with van der Waals surface area (Å²) >= 11 is 0. The molecule has 0 radical (unpaired) electrons. The number of esters is 1. The monoisotopic (exact) mass is 159 g/mol. The van der Waals surface area contributed by atoms with Crippen molar-refractivity contribution in [1.82, 2.24) is 0 Å². The van der Waals surface area contributed by atoms with Crippen LogP contribution in [0.25, 0.3) is 0 Å². The Labute approximate surface area is 65.3 Å². The van der Waals surface area contributed by atoms with Gasteiger partial charge < -0.3 is 15.6 Å². The minimum absolute atomic E-state index is 0.344. The molecule has 1 aliphatic carbocycles. The Balaban J connectivity index is 2.08. The fraction of sp³-hybridized carbons (Fsp3) is 0.857. The van der Waals surface area contributed by atoms with E-state index in [0.717, 1.165) is 12.8 Å². The lowest BCUT2D eigenvalue weighted by Gasteiger charge is -2.07. The molecule has 64 valence electrons. The molecule has 1 fully saturated rings. The van der Waals surface area contributed by atoms with E-state index in [1.165, 1.54) is 0 Å². The summed E-state index contributed by atoms with van der Waals surface area (Å²) in [6.07, 6.45) is 2.28. The molecule has 4 heteroatoms. The Hall–Kier alpha value is -0.610. The Morgan fingerprint density at radius 3 is 2.82 bits per heavy atom. The van der Waals surface area contributed by atoms with E-state index >= 15 is 0 Å². The van der Waals surface area contributed by atoms with Crippen LogP contribution in [0.2, 0.25) is 0 Å². The molecule has 1 saturated carbocycles. The molecule has 0 spiro atoms. The Morgan fingerprint density at radius 1 is 1.73 bits per heavy atom. The van der Waals surface area contributed by atoms with Crippen molar-refractivity contribution in [2.24, 2.45) is 11.7 Å². The van der Waals surface area contributed by atoms with Gasteiger partial charge in [0.1, 0.15) is 6.04 Å². The second kappa shape index (κ2) is 3.69. The number of nitrogens with two attached hydrogens (primary N) is 1. The Morgan fingerprint density at radius 2 is 2.36 bits per heavy atom. The van der Waals surface area contributed by atoms with Crippen molar-refractivity contribution >= 4 is 5.97 Å². The number of carbonyl (C=O) groups excluding carboxylic acids is 1. The zero-order valence-electron chi connectivity index (χ0n) is 6.32. The maximum atomic E-state index is 10.8. The third-order valence-corrected chi connectivity index (χ3v) is 1.66. The van der Waals surface area contributed by atoms with Gasteiger partial charge in [-0.15, -0.1) is 0 Å². The highest BCUT2D eigenvalue weighted by Crippen LogP contribution is 2.28. The molecule has 0 aliphatic heterocycles. The first-order valence-corrected chi connectivity index (χ1v) is 3.77. The van der Waals surface area contributed by atoms with Gasteiger partial charge in [-0.3, -0.25) is 4.79 Å². The first kappa shape index (κ1) is 8.49. The minimum atomic E-state index is -0.867. The van der Waals surface area contributed by atoms with Gasteiger partial charge in [0.15, 0.2) is 0 Å². The molecule has 0 unspecified atom stereocenters. The highest BCUT2D eigenvalue weighted by molar-refractivity contribution is 5.75. The van der Waals surface area contributed by atoms with Crippen LogP contribution in [0.5, 0.6) is 0 Å². The normalized spacial score (nSPS) is 19.5. The molecule has 4 nitrogen and oxygen atoms in total. The smallest absolute Gasteiger partial charge is 0.325 e. The van der Waals surface area contributed by atoms with Crippen molar-refractivity contribution in [3.63, 3.8) is 0 Å². The number of aliphatic hydroxyl groups excluding tert-OH is 1. The number of ether oxygens (including phenoxy) is 1. The van der Waals surface area contributed by atoms with E-state index in [0.29, 0.717) is 12.5 Å². The van der Waals surface area contributed by atoms with Gasteiger partial charge in [0.2, 0.25) is 0 Å². The molecule has 0 amide bonds. The predicted octanol–water partition coefficient (Wildman–Crippen LogP) is -0.741. The third-order valence-electron chi connectivity index (χ3n) is 1.66. The topological polar surface area (TPSA) is 72.5 Å². The summed E-state index contributed by atoms with van der Waals surface area (Å²) in [5, 5.41) is 8.46. The number of rotatable bonds is 4. The standard InChI is InChI=1S/C7H13NO3/c8-6(3-9)7(10)11-4-5-1-2-5/h5-6,9H,1-4,8H2/t6-/m1/s1. The maximum absolute atomic E-state index is 10.8. The van der Waals surface area contributed by atoms with Gasteiger partial charge in [-0.1, -0.05) is 0 Å². The second-order valence-electron chi connectivity index (χ2n) is 2.86. The van der Waals surface area contributed by atoms with Gasteiger partial charge in [0.25, 0.3) is 0 Å². The van der Waals surface area contributed by atoms with E-state index < -0.39 is 12.0 Å². The summed E-state index contributed by atoms with van der Waals surface area (Å²) in [4.78, 5) is 10.8. The van der Waals surface area contributed by atoms with Gasteiger partial charge in [-0.05, 0) is 18.8 Å². The summed E-state index contributed by atoms with van der Waals surface area (Å²) < 4.78 is 4.79. The summed E-state index contributed by atoms with van der Waals surface area (Å²) in [5.74, 6) is 0.0456. The minimum Gasteiger partial charge on any atom is -0.464 e. The van der Waals surface area contributed by atoms with Crippen molar-refractivity contribution < 1.29 is 14.6 Å². The quantitative estimate of drug-likeness (QED) is 0.530. The van der Waals surface area contributed by atoms with Crippen LogP contribution in [0.1, 0.15) is 12.8 Å². The summed E-state index contributed by atoms with van der Waals surface area (Å²) in [6.45, 7) is 0.121. The summed E-state index contributed by atoms with van der Waals surface area (Å²) in [5.41, 5.74) is 5.20. The molecular weight excluding hydrogens is 146 g/mol. The molecule has 1 aliphatic rings. The van der Waals surface area contributed by atoms with E-state index in [1.807, 2.05) is 0 Å². The molecular formula is C7H13NO3. The highest BCUT2D eigenvalue weighted by atomic mass is 16.5. The molecule has 0 aromatic rings. The van der Waals surface area contributed by atoms with Crippen molar-refractivity contribution in [1.29, 1.82) is 0 Å². The van der Waals surface area contributed by atoms with Crippen LogP contribution in [-0.4, -0.2) is 30.3 Å². The predicted molar refractivity (Wildman–Crippen MR) is 38.7 cm³/mol. The van der Waals surface area contributed by atoms with E-state index in [-0.39, 0.29) is 6.61 Å². The van der Waals surface area contributed by atoms with Gasteiger partial charge in [-0.2, -0.15) is 0 Å². The summed E-state index contributed by atoms with van der Waals surface area (Å²) in [7, 11) is 0. The highest BCUT2D eigenvalue weighted by Gasteiger charge is 2.24. The molecule has 0 saturated heterocycles. The van der Waals surface area contributed by atoms with Gasteiger partial charge in [0.05, 0.1) is 13.2 Å². The molecule has 0 heterocycles. The number of hydrogen-bond donors (Lipinski definition) is 2. The van der Waals surface area contributed by atoms with Crippen molar-refractivity contribution in [3.05, 3.63) is 0 Å². The van der Waals surface area contributed by atoms with E-state index in [2.05, 4.69) is 0 Å². The zero-order chi connectivity index (χ0) is 8.27. The van der Waals surface area contributed by atoms with Crippen LogP contribution in [0.4, 0.5) is 0 Å². The van der Waals surface area contributed by atoms with Crippen LogP contribution in [0.3, 0.4) is 0 Å². The molecule has 0 bridgehead atoms. The molecule has 0 aromatic heterocycles. The van der Waals surface area contributed by atoms with E-state index in [1.54, 1.807) is 0 Å². The molecule has 3 N–H and O–H groups in total. The van der Waals surface area contributed by atoms with Gasteiger partial charge in [0, 0.05) is 0 Å². The second-order valence-corrected chi connectivity index (χ2v) is 2.86. The van der Waals surface area contributed by atoms with Crippen LogP contribution in [-0.2, 0) is 9.53 Å². The van der Waals surface area contributed by atoms with Gasteiger partial charge in [-0.25, -0.2) is 0 Å². The number of aliphatic hydroxyl groups is 1. The first-order valence-electron chi connectivity index (χ1n) is 3.77. The van der Waals surface area contributed by atoms with E-state index in [4.69, 9.17) is 15.6 Å². The first-order chi connectivity index (χ1) is 5.24. The fourth-order valence-corrected chi connectivity index (χ4v) is 0.666. The molecule has 1 rings (SSSR count). The molecule has 11 heavy (non-hydrogen) atoms. The lowest BCUT2D eigenvalue weighted by atomic mass is 10.3. The number of hydrogen-bond acceptors (Lipinski definition) is 4. The van der Waals surface area contributed by atoms with Crippen molar-refractivity contribution in [2.45, 2.75) is 18.9 Å². The SMILES string of the molecule is N[C@H](CO)C(=O)OCC1CC1. The molecule has 0 aromatic carbocycles.